The number of amides is 1. The summed E-state index contributed by atoms with van der Waals surface area (Å²) in [4.78, 5) is 22.6. The zero-order chi connectivity index (χ0) is 19.8. The summed E-state index contributed by atoms with van der Waals surface area (Å²) in [6, 6.07) is 7.90. The van der Waals surface area contributed by atoms with Crippen molar-refractivity contribution in [2.45, 2.75) is 25.7 Å². The van der Waals surface area contributed by atoms with Gasteiger partial charge in [-0.15, -0.1) is 5.10 Å². The van der Waals surface area contributed by atoms with Gasteiger partial charge in [-0.25, -0.2) is 9.50 Å². The molecule has 2 aliphatic rings. The first-order valence-electron chi connectivity index (χ1n) is 10.3. The van der Waals surface area contributed by atoms with Crippen LogP contribution in [0.1, 0.15) is 25.7 Å². The average molecular weight is 412 g/mol. The predicted octanol–water partition coefficient (Wildman–Crippen LogP) is 3.31. The molecule has 1 amide bonds. The smallest absolute Gasteiger partial charge is 0.225 e. The molecule has 0 bridgehead atoms. The fourth-order valence-corrected chi connectivity index (χ4v) is 5.17. The van der Waals surface area contributed by atoms with E-state index in [0.717, 1.165) is 79.0 Å². The first-order chi connectivity index (χ1) is 14.2. The van der Waals surface area contributed by atoms with Crippen molar-refractivity contribution in [1.82, 2.24) is 19.5 Å². The molecular formula is C21H25N5O2S. The minimum Gasteiger partial charge on any atom is -0.497 e. The highest BCUT2D eigenvalue weighted by atomic mass is 32.1. The number of carbonyl (C=O) groups excluding carboxylic acids is 1. The quantitative estimate of drug-likeness (QED) is 0.659. The van der Waals surface area contributed by atoms with Crippen LogP contribution in [-0.4, -0.2) is 58.7 Å². The minimum atomic E-state index is 0.176. The van der Waals surface area contributed by atoms with Gasteiger partial charge in [-0.1, -0.05) is 11.3 Å². The monoisotopic (exact) mass is 411 g/mol. The number of rotatable bonds is 4. The second-order valence-electron chi connectivity index (χ2n) is 7.76. The molecule has 7 nitrogen and oxygen atoms in total. The molecule has 0 N–H and O–H groups in total. The third kappa shape index (κ3) is 3.57. The van der Waals surface area contributed by atoms with Gasteiger partial charge in [-0.2, -0.15) is 0 Å². The Kier molecular flexibility index (Phi) is 4.87. The Hall–Kier alpha value is -2.61. The number of nitrogens with zero attached hydrogens (tertiary/aromatic N) is 5. The zero-order valence-corrected chi connectivity index (χ0v) is 17.4. The lowest BCUT2D eigenvalue weighted by Gasteiger charge is -2.32. The molecule has 0 atom stereocenters. The van der Waals surface area contributed by atoms with Crippen LogP contribution in [0.4, 0.5) is 5.13 Å². The number of hydrogen-bond donors (Lipinski definition) is 0. The molecule has 1 aromatic carbocycles. The molecule has 2 aliphatic heterocycles. The van der Waals surface area contributed by atoms with Crippen LogP contribution < -0.4 is 9.64 Å². The van der Waals surface area contributed by atoms with Gasteiger partial charge in [0.25, 0.3) is 0 Å². The summed E-state index contributed by atoms with van der Waals surface area (Å²) >= 11 is 1.61. The Bertz CT molecular complexity index is 966. The highest BCUT2D eigenvalue weighted by molar-refractivity contribution is 7.20. The molecule has 3 aromatic rings. The van der Waals surface area contributed by atoms with E-state index in [0.29, 0.717) is 5.91 Å². The van der Waals surface area contributed by atoms with Crippen molar-refractivity contribution in [1.29, 1.82) is 0 Å². The van der Waals surface area contributed by atoms with Crippen molar-refractivity contribution < 1.29 is 9.53 Å². The van der Waals surface area contributed by atoms with E-state index in [9.17, 15) is 4.79 Å². The molecule has 0 spiro atoms. The van der Waals surface area contributed by atoms with E-state index in [4.69, 9.17) is 14.8 Å². The zero-order valence-electron chi connectivity index (χ0n) is 16.6. The largest absolute Gasteiger partial charge is 0.497 e. The summed E-state index contributed by atoms with van der Waals surface area (Å²) in [6.07, 6.45) is 6.10. The third-order valence-electron chi connectivity index (χ3n) is 5.95. The highest BCUT2D eigenvalue weighted by Gasteiger charge is 2.30. The van der Waals surface area contributed by atoms with E-state index < -0.39 is 0 Å². The van der Waals surface area contributed by atoms with Crippen molar-refractivity contribution in [3.63, 3.8) is 0 Å². The minimum absolute atomic E-state index is 0.176. The van der Waals surface area contributed by atoms with Crippen molar-refractivity contribution in [2.24, 2.45) is 5.92 Å². The standard InChI is InChI=1S/C21H25N5O2S/c1-28-17-6-4-15(5-7-17)18-14-26-20(22-18)29-21(23-26)25-12-8-16(9-13-25)19(27)24-10-2-3-11-24/h4-7,14,16H,2-3,8-13H2,1H3. The maximum Gasteiger partial charge on any atom is 0.225 e. The number of piperidine rings is 1. The van der Waals surface area contributed by atoms with Crippen molar-refractivity contribution >= 4 is 27.3 Å². The Morgan fingerprint density at radius 3 is 2.48 bits per heavy atom. The summed E-state index contributed by atoms with van der Waals surface area (Å²) in [5.41, 5.74) is 1.96. The lowest BCUT2D eigenvalue weighted by atomic mass is 9.95. The fourth-order valence-electron chi connectivity index (χ4n) is 4.23. The van der Waals surface area contributed by atoms with E-state index in [1.807, 2.05) is 35.0 Å². The molecule has 29 heavy (non-hydrogen) atoms. The van der Waals surface area contributed by atoms with Crippen LogP contribution in [0.15, 0.2) is 30.5 Å². The number of aromatic nitrogens is 3. The van der Waals surface area contributed by atoms with Gasteiger partial charge in [0.1, 0.15) is 5.75 Å². The fraction of sp³-hybridized carbons (Fsp3) is 0.476. The van der Waals surface area contributed by atoms with Crippen molar-refractivity contribution in [3.05, 3.63) is 30.5 Å². The second kappa shape index (κ2) is 7.67. The van der Waals surface area contributed by atoms with Gasteiger partial charge < -0.3 is 14.5 Å². The molecule has 2 saturated heterocycles. The second-order valence-corrected chi connectivity index (χ2v) is 8.69. The highest BCUT2D eigenvalue weighted by Crippen LogP contribution is 2.31. The van der Waals surface area contributed by atoms with E-state index in [-0.39, 0.29) is 5.92 Å². The van der Waals surface area contributed by atoms with E-state index in [2.05, 4.69) is 9.80 Å². The molecule has 0 aliphatic carbocycles. The van der Waals surface area contributed by atoms with Crippen LogP contribution in [0, 0.1) is 5.92 Å². The summed E-state index contributed by atoms with van der Waals surface area (Å²) in [5.74, 6) is 1.37. The van der Waals surface area contributed by atoms with Crippen molar-refractivity contribution in [3.8, 4) is 17.0 Å². The molecule has 4 heterocycles. The molecular weight excluding hydrogens is 386 g/mol. The number of benzene rings is 1. The Labute approximate surface area is 173 Å². The van der Waals surface area contributed by atoms with E-state index >= 15 is 0 Å². The molecule has 152 valence electrons. The predicted molar refractivity (Wildman–Crippen MR) is 114 cm³/mol. The number of hydrogen-bond acceptors (Lipinski definition) is 6. The number of carbonyl (C=O) groups is 1. The number of methoxy groups -OCH3 is 1. The molecule has 0 saturated carbocycles. The normalized spacial score (nSPS) is 18.0. The third-order valence-corrected chi connectivity index (χ3v) is 6.93. The molecule has 5 rings (SSSR count). The van der Waals surface area contributed by atoms with E-state index in [1.165, 1.54) is 0 Å². The van der Waals surface area contributed by atoms with Gasteiger partial charge >= 0.3 is 0 Å². The Balaban J connectivity index is 1.25. The number of fused-ring (bicyclic) bond motifs is 1. The number of likely N-dealkylation sites (tertiary alicyclic amines) is 1. The first-order valence-corrected chi connectivity index (χ1v) is 11.1. The van der Waals surface area contributed by atoms with Crippen LogP contribution in [-0.2, 0) is 4.79 Å². The van der Waals surface area contributed by atoms with Crippen LogP contribution >= 0.6 is 11.3 Å². The van der Waals surface area contributed by atoms with Crippen LogP contribution in [0.3, 0.4) is 0 Å². The van der Waals surface area contributed by atoms with Crippen LogP contribution in [0.25, 0.3) is 16.2 Å². The summed E-state index contributed by atoms with van der Waals surface area (Å²) in [6.45, 7) is 3.65. The number of ether oxygens (including phenoxy) is 1. The summed E-state index contributed by atoms with van der Waals surface area (Å²) in [7, 11) is 1.66. The number of anilines is 1. The van der Waals surface area contributed by atoms with Gasteiger partial charge in [-0.3, -0.25) is 4.79 Å². The summed E-state index contributed by atoms with van der Waals surface area (Å²) in [5, 5.41) is 5.73. The average Bonchev–Trinajstić information content (AvgIpc) is 3.50. The van der Waals surface area contributed by atoms with Gasteiger partial charge in [-0.05, 0) is 49.9 Å². The van der Waals surface area contributed by atoms with Crippen LogP contribution in [0.5, 0.6) is 5.75 Å². The van der Waals surface area contributed by atoms with Gasteiger partial charge in [0.05, 0.1) is 19.0 Å². The van der Waals surface area contributed by atoms with Gasteiger partial charge in [0.2, 0.25) is 16.0 Å². The van der Waals surface area contributed by atoms with Gasteiger partial charge in [0.15, 0.2) is 0 Å². The maximum atomic E-state index is 12.6. The van der Waals surface area contributed by atoms with Crippen molar-refractivity contribution in [2.75, 3.05) is 38.2 Å². The molecule has 2 aromatic heterocycles. The molecule has 0 radical (unpaired) electrons. The Morgan fingerprint density at radius 2 is 1.83 bits per heavy atom. The van der Waals surface area contributed by atoms with Crippen LogP contribution in [0.2, 0.25) is 0 Å². The maximum absolute atomic E-state index is 12.6. The lowest BCUT2D eigenvalue weighted by molar-refractivity contribution is -0.135. The van der Waals surface area contributed by atoms with E-state index in [1.54, 1.807) is 18.4 Å². The molecule has 0 unspecified atom stereocenters. The molecule has 2 fully saturated rings. The topological polar surface area (TPSA) is 63.0 Å². The molecule has 8 heteroatoms. The number of imidazole rings is 1. The summed E-state index contributed by atoms with van der Waals surface area (Å²) < 4.78 is 7.08. The first kappa shape index (κ1) is 18.4. The Morgan fingerprint density at radius 1 is 1.10 bits per heavy atom. The SMILES string of the molecule is COc1ccc(-c2cn3nc(N4CCC(C(=O)N5CCCC5)CC4)sc3n2)cc1. The lowest BCUT2D eigenvalue weighted by Crippen LogP contribution is -2.41. The van der Waals surface area contributed by atoms with Gasteiger partial charge in [0, 0.05) is 37.7 Å².